The van der Waals surface area contributed by atoms with Crippen LogP contribution >= 0.6 is 0 Å². The number of likely N-dealkylation sites (tertiary alicyclic amines) is 1. The molecule has 2 aliphatic rings. The van der Waals surface area contributed by atoms with Crippen LogP contribution in [0.4, 0.5) is 0 Å². The highest BCUT2D eigenvalue weighted by Gasteiger charge is 2.28. The van der Waals surface area contributed by atoms with Crippen LogP contribution in [0, 0.1) is 0 Å². The Bertz CT molecular complexity index is 922. The van der Waals surface area contributed by atoms with Gasteiger partial charge in [0.15, 0.2) is 17.6 Å². The van der Waals surface area contributed by atoms with Gasteiger partial charge in [-0.05, 0) is 62.2 Å². The minimum absolute atomic E-state index is 0.000274. The summed E-state index contributed by atoms with van der Waals surface area (Å²) in [5.74, 6) is 1.63. The Morgan fingerprint density at radius 2 is 1.80 bits per heavy atom. The number of amides is 2. The summed E-state index contributed by atoms with van der Waals surface area (Å²) in [5.41, 5.74) is 0.522. The summed E-state index contributed by atoms with van der Waals surface area (Å²) in [5, 5.41) is 12.4. The van der Waals surface area contributed by atoms with Gasteiger partial charge >= 0.3 is 0 Å². The normalized spacial score (nSPS) is 16.8. The van der Waals surface area contributed by atoms with Gasteiger partial charge in [0, 0.05) is 24.7 Å². The van der Waals surface area contributed by atoms with Gasteiger partial charge < -0.3 is 29.5 Å². The molecular formula is C22H24N2O6. The summed E-state index contributed by atoms with van der Waals surface area (Å²) in [7, 11) is 0. The van der Waals surface area contributed by atoms with Crippen molar-refractivity contribution in [1.82, 2.24) is 10.2 Å². The van der Waals surface area contributed by atoms with E-state index >= 15 is 0 Å². The number of aromatic hydroxyl groups is 1. The van der Waals surface area contributed by atoms with Crippen LogP contribution in [0.1, 0.15) is 30.1 Å². The van der Waals surface area contributed by atoms with Crippen molar-refractivity contribution < 1.29 is 28.9 Å². The van der Waals surface area contributed by atoms with Gasteiger partial charge in [-0.1, -0.05) is 0 Å². The number of piperidine rings is 1. The zero-order valence-electron chi connectivity index (χ0n) is 16.7. The van der Waals surface area contributed by atoms with Crippen molar-refractivity contribution in [1.29, 1.82) is 0 Å². The van der Waals surface area contributed by atoms with E-state index in [9.17, 15) is 14.7 Å². The van der Waals surface area contributed by atoms with Gasteiger partial charge in [-0.15, -0.1) is 0 Å². The first-order valence-corrected chi connectivity index (χ1v) is 9.94. The van der Waals surface area contributed by atoms with Crippen molar-refractivity contribution in [2.45, 2.75) is 31.9 Å². The molecule has 0 aromatic heterocycles. The monoisotopic (exact) mass is 412 g/mol. The molecule has 8 nitrogen and oxygen atoms in total. The van der Waals surface area contributed by atoms with E-state index in [1.54, 1.807) is 42.2 Å². The quantitative estimate of drug-likeness (QED) is 0.782. The molecule has 0 aliphatic carbocycles. The van der Waals surface area contributed by atoms with Gasteiger partial charge in [-0.3, -0.25) is 9.59 Å². The van der Waals surface area contributed by atoms with Gasteiger partial charge in [-0.2, -0.15) is 0 Å². The Morgan fingerprint density at radius 1 is 1.10 bits per heavy atom. The third-order valence-corrected chi connectivity index (χ3v) is 5.27. The summed E-state index contributed by atoms with van der Waals surface area (Å²) in [4.78, 5) is 27.0. The summed E-state index contributed by atoms with van der Waals surface area (Å²) >= 11 is 0. The summed E-state index contributed by atoms with van der Waals surface area (Å²) in [6, 6.07) is 11.4. The molecule has 2 aromatic rings. The van der Waals surface area contributed by atoms with Crippen molar-refractivity contribution in [3.63, 3.8) is 0 Å². The van der Waals surface area contributed by atoms with Crippen LogP contribution in [-0.2, 0) is 4.79 Å². The number of phenolic OH excluding ortho intramolecular Hbond substituents is 1. The fourth-order valence-corrected chi connectivity index (χ4v) is 3.59. The lowest BCUT2D eigenvalue weighted by atomic mass is 10.0. The van der Waals surface area contributed by atoms with Crippen LogP contribution in [0.15, 0.2) is 42.5 Å². The van der Waals surface area contributed by atoms with Crippen molar-refractivity contribution >= 4 is 11.8 Å². The number of nitrogens with zero attached hydrogens (tertiary/aromatic N) is 1. The zero-order valence-corrected chi connectivity index (χ0v) is 16.7. The highest BCUT2D eigenvalue weighted by Crippen LogP contribution is 2.32. The lowest BCUT2D eigenvalue weighted by molar-refractivity contribution is -0.139. The molecule has 4 rings (SSSR count). The molecule has 2 heterocycles. The van der Waals surface area contributed by atoms with E-state index in [2.05, 4.69) is 5.32 Å². The zero-order chi connectivity index (χ0) is 21.1. The van der Waals surface area contributed by atoms with Crippen LogP contribution in [0.5, 0.6) is 23.0 Å². The van der Waals surface area contributed by atoms with Gasteiger partial charge in [0.25, 0.3) is 11.8 Å². The molecule has 30 heavy (non-hydrogen) atoms. The second-order valence-corrected chi connectivity index (χ2v) is 7.40. The average Bonchev–Trinajstić information content (AvgIpc) is 3.23. The van der Waals surface area contributed by atoms with Crippen molar-refractivity contribution in [3.05, 3.63) is 48.0 Å². The van der Waals surface area contributed by atoms with Crippen molar-refractivity contribution in [2.75, 3.05) is 19.9 Å². The molecule has 8 heteroatoms. The number of hydrogen-bond acceptors (Lipinski definition) is 6. The molecule has 0 bridgehead atoms. The number of nitrogens with one attached hydrogen (secondary N) is 1. The number of phenols is 1. The maximum Gasteiger partial charge on any atom is 0.263 e. The molecule has 2 N–H and O–H groups in total. The minimum atomic E-state index is -0.630. The first-order valence-electron chi connectivity index (χ1n) is 9.94. The molecule has 2 aromatic carbocycles. The van der Waals surface area contributed by atoms with Gasteiger partial charge in [0.2, 0.25) is 6.79 Å². The molecule has 158 valence electrons. The topological polar surface area (TPSA) is 97.3 Å². The Kier molecular flexibility index (Phi) is 5.65. The van der Waals surface area contributed by atoms with Gasteiger partial charge in [-0.25, -0.2) is 0 Å². The molecular weight excluding hydrogens is 388 g/mol. The maximum absolute atomic E-state index is 12.7. The molecule has 2 aliphatic heterocycles. The average molecular weight is 412 g/mol. The van der Waals surface area contributed by atoms with Crippen molar-refractivity contribution in [2.24, 2.45) is 0 Å². The molecule has 0 spiro atoms. The maximum atomic E-state index is 12.7. The molecule has 1 fully saturated rings. The highest BCUT2D eigenvalue weighted by molar-refractivity contribution is 5.95. The predicted octanol–water partition coefficient (Wildman–Crippen LogP) is 2.31. The number of hydrogen-bond donors (Lipinski definition) is 2. The van der Waals surface area contributed by atoms with Crippen LogP contribution in [0.3, 0.4) is 0 Å². The van der Waals surface area contributed by atoms with E-state index in [-0.39, 0.29) is 30.4 Å². The number of carbonyl (C=O) groups is 2. The largest absolute Gasteiger partial charge is 0.508 e. The molecule has 0 saturated carbocycles. The lowest BCUT2D eigenvalue weighted by Crippen LogP contribution is -2.49. The van der Waals surface area contributed by atoms with E-state index in [0.29, 0.717) is 48.7 Å². The van der Waals surface area contributed by atoms with Crippen LogP contribution < -0.4 is 19.5 Å². The SMILES string of the molecule is CC(Oc1ccc(O)cc1)C(=O)N1CCC(NC(=O)c2ccc3c(c2)OCO3)CC1. The van der Waals surface area contributed by atoms with Gasteiger partial charge in [0.05, 0.1) is 0 Å². The summed E-state index contributed by atoms with van der Waals surface area (Å²) in [6.45, 7) is 2.98. The molecule has 1 atom stereocenters. The Hall–Kier alpha value is -3.42. The smallest absolute Gasteiger partial charge is 0.263 e. The third-order valence-electron chi connectivity index (χ3n) is 5.27. The summed E-state index contributed by atoms with van der Waals surface area (Å²) in [6.07, 6.45) is 0.719. The minimum Gasteiger partial charge on any atom is -0.508 e. The van der Waals surface area contributed by atoms with Crippen LogP contribution in [0.2, 0.25) is 0 Å². The highest BCUT2D eigenvalue weighted by atomic mass is 16.7. The number of fused-ring (bicyclic) bond motifs is 1. The van der Waals surface area contributed by atoms with E-state index in [1.807, 2.05) is 0 Å². The Balaban J connectivity index is 1.26. The van der Waals surface area contributed by atoms with Gasteiger partial charge in [0.1, 0.15) is 11.5 Å². The number of benzene rings is 2. The molecule has 1 unspecified atom stereocenters. The fraction of sp³-hybridized carbons (Fsp3) is 0.364. The Labute approximate surface area is 174 Å². The second-order valence-electron chi connectivity index (χ2n) is 7.40. The third kappa shape index (κ3) is 4.42. The lowest BCUT2D eigenvalue weighted by Gasteiger charge is -2.33. The van der Waals surface area contributed by atoms with E-state index in [4.69, 9.17) is 14.2 Å². The van der Waals surface area contributed by atoms with Crippen LogP contribution in [-0.4, -0.2) is 53.8 Å². The second kappa shape index (κ2) is 8.52. The predicted molar refractivity (Wildman–Crippen MR) is 108 cm³/mol. The van der Waals surface area contributed by atoms with E-state index in [0.717, 1.165) is 0 Å². The van der Waals surface area contributed by atoms with E-state index in [1.165, 1.54) is 12.1 Å². The number of ether oxygens (including phenoxy) is 3. The molecule has 1 saturated heterocycles. The Morgan fingerprint density at radius 3 is 2.53 bits per heavy atom. The molecule has 0 radical (unpaired) electrons. The van der Waals surface area contributed by atoms with Crippen LogP contribution in [0.25, 0.3) is 0 Å². The van der Waals surface area contributed by atoms with E-state index < -0.39 is 6.10 Å². The summed E-state index contributed by atoms with van der Waals surface area (Å²) < 4.78 is 16.3. The standard InChI is InChI=1S/C22H24N2O6/c1-14(30-18-5-3-17(25)4-6-18)22(27)24-10-8-16(9-11-24)23-21(26)15-2-7-19-20(12-15)29-13-28-19/h2-7,12,14,16,25H,8-11,13H2,1H3,(H,23,26). The first-order chi connectivity index (χ1) is 14.5. The number of carbonyl (C=O) groups excluding carboxylic acids is 2. The first kappa shape index (κ1) is 19.9. The molecule has 2 amide bonds. The fourth-order valence-electron chi connectivity index (χ4n) is 3.59. The number of rotatable bonds is 5. The van der Waals surface area contributed by atoms with Crippen molar-refractivity contribution in [3.8, 4) is 23.0 Å².